The van der Waals surface area contributed by atoms with Gasteiger partial charge in [-0.15, -0.1) is 0 Å². The molecule has 0 radical (unpaired) electrons. The zero-order valence-electron chi connectivity index (χ0n) is 12.0. The number of amides is 1. The van der Waals surface area contributed by atoms with Crippen molar-refractivity contribution >= 4 is 11.7 Å². The van der Waals surface area contributed by atoms with Gasteiger partial charge in [-0.1, -0.05) is 13.8 Å². The maximum absolute atomic E-state index is 12.1. The molecule has 2 rings (SSSR count). The molecule has 2 aromatic heterocycles. The predicted octanol–water partition coefficient (Wildman–Crippen LogP) is 1.26. The van der Waals surface area contributed by atoms with E-state index in [1.54, 1.807) is 36.0 Å². The van der Waals surface area contributed by atoms with Crippen LogP contribution in [0.25, 0.3) is 5.78 Å². The van der Waals surface area contributed by atoms with Crippen LogP contribution in [0.1, 0.15) is 37.7 Å². The topological polar surface area (TPSA) is 79.5 Å². The van der Waals surface area contributed by atoms with Crippen LogP contribution in [0.5, 0.6) is 0 Å². The van der Waals surface area contributed by atoms with Crippen LogP contribution in [0, 0.1) is 5.41 Å². The van der Waals surface area contributed by atoms with Gasteiger partial charge in [0, 0.05) is 25.1 Å². The number of aliphatic hydroxyl groups excluding tert-OH is 1. The second kappa shape index (κ2) is 5.58. The standard InChI is InChI=1S/C14H20N4O2/c1-10(19)7-14(2,3)9-16-12(20)11-8-18-6-4-5-15-13(18)17-11/h4-6,8,10,19H,7,9H2,1-3H3,(H,16,20). The van der Waals surface area contributed by atoms with E-state index in [4.69, 9.17) is 0 Å². The molecule has 0 aliphatic carbocycles. The molecule has 0 saturated carbocycles. The summed E-state index contributed by atoms with van der Waals surface area (Å²) >= 11 is 0. The number of hydrogen-bond acceptors (Lipinski definition) is 4. The lowest BCUT2D eigenvalue weighted by molar-refractivity contribution is 0.0898. The van der Waals surface area contributed by atoms with Crippen LogP contribution in [0.15, 0.2) is 24.7 Å². The summed E-state index contributed by atoms with van der Waals surface area (Å²) in [6, 6.07) is 1.78. The second-order valence-electron chi connectivity index (χ2n) is 5.85. The summed E-state index contributed by atoms with van der Waals surface area (Å²) in [6.07, 6.45) is 5.32. The lowest BCUT2D eigenvalue weighted by Crippen LogP contribution is -2.35. The summed E-state index contributed by atoms with van der Waals surface area (Å²) < 4.78 is 1.70. The molecule has 2 N–H and O–H groups in total. The summed E-state index contributed by atoms with van der Waals surface area (Å²) in [6.45, 7) is 6.24. The number of aliphatic hydroxyl groups is 1. The van der Waals surface area contributed by atoms with Crippen LogP contribution in [0.4, 0.5) is 0 Å². The fourth-order valence-corrected chi connectivity index (χ4v) is 2.22. The van der Waals surface area contributed by atoms with E-state index in [0.29, 0.717) is 24.4 Å². The molecule has 1 unspecified atom stereocenters. The normalized spacial score (nSPS) is 13.4. The Morgan fingerprint density at radius 1 is 1.55 bits per heavy atom. The van der Waals surface area contributed by atoms with Crippen molar-refractivity contribution in [2.45, 2.75) is 33.3 Å². The fraction of sp³-hybridized carbons (Fsp3) is 0.500. The Labute approximate surface area is 117 Å². The van der Waals surface area contributed by atoms with Gasteiger partial charge >= 0.3 is 0 Å². The Kier molecular flexibility index (Phi) is 4.04. The Hall–Kier alpha value is -1.95. The van der Waals surface area contributed by atoms with E-state index in [1.165, 1.54) is 0 Å². The Morgan fingerprint density at radius 3 is 2.95 bits per heavy atom. The predicted molar refractivity (Wildman–Crippen MR) is 75.4 cm³/mol. The molecule has 2 heterocycles. The second-order valence-corrected chi connectivity index (χ2v) is 5.85. The van der Waals surface area contributed by atoms with E-state index in [-0.39, 0.29) is 17.4 Å². The van der Waals surface area contributed by atoms with Crippen molar-refractivity contribution < 1.29 is 9.90 Å². The zero-order valence-corrected chi connectivity index (χ0v) is 12.0. The van der Waals surface area contributed by atoms with Crippen LogP contribution in [0.3, 0.4) is 0 Å². The highest BCUT2D eigenvalue weighted by Gasteiger charge is 2.22. The van der Waals surface area contributed by atoms with E-state index < -0.39 is 0 Å². The van der Waals surface area contributed by atoms with Crippen LogP contribution < -0.4 is 5.32 Å². The fourth-order valence-electron chi connectivity index (χ4n) is 2.22. The lowest BCUT2D eigenvalue weighted by Gasteiger charge is -2.26. The van der Waals surface area contributed by atoms with Crippen molar-refractivity contribution in [2.24, 2.45) is 5.41 Å². The van der Waals surface area contributed by atoms with Crippen molar-refractivity contribution in [3.8, 4) is 0 Å². The molecule has 6 nitrogen and oxygen atoms in total. The smallest absolute Gasteiger partial charge is 0.271 e. The number of nitrogens with zero attached hydrogens (tertiary/aromatic N) is 3. The Bertz CT molecular complexity index is 571. The number of fused-ring (bicyclic) bond motifs is 1. The van der Waals surface area contributed by atoms with Crippen molar-refractivity contribution in [3.05, 3.63) is 30.4 Å². The van der Waals surface area contributed by atoms with E-state index in [2.05, 4.69) is 15.3 Å². The molecule has 0 saturated heterocycles. The minimum Gasteiger partial charge on any atom is -0.393 e. The highest BCUT2D eigenvalue weighted by Crippen LogP contribution is 2.21. The van der Waals surface area contributed by atoms with Crippen LogP contribution in [-0.4, -0.2) is 38.0 Å². The summed E-state index contributed by atoms with van der Waals surface area (Å²) in [5.74, 6) is 0.273. The molecule has 0 fully saturated rings. The molecule has 0 aromatic carbocycles. The van der Waals surface area contributed by atoms with Gasteiger partial charge in [-0.05, 0) is 24.8 Å². The first kappa shape index (κ1) is 14.5. The van der Waals surface area contributed by atoms with Gasteiger partial charge in [0.1, 0.15) is 5.69 Å². The summed E-state index contributed by atoms with van der Waals surface area (Å²) in [4.78, 5) is 20.3. The summed E-state index contributed by atoms with van der Waals surface area (Å²) in [5.41, 5.74) is 0.179. The molecule has 0 spiro atoms. The van der Waals surface area contributed by atoms with Gasteiger partial charge in [0.15, 0.2) is 0 Å². The van der Waals surface area contributed by atoms with Gasteiger partial charge in [0.2, 0.25) is 5.78 Å². The third-order valence-electron chi connectivity index (χ3n) is 3.04. The minimum absolute atomic E-state index is 0.165. The minimum atomic E-state index is -0.388. The maximum atomic E-state index is 12.1. The number of nitrogens with one attached hydrogen (secondary N) is 1. The third kappa shape index (κ3) is 3.54. The number of rotatable bonds is 5. The molecule has 0 bridgehead atoms. The van der Waals surface area contributed by atoms with Crippen molar-refractivity contribution in [1.82, 2.24) is 19.7 Å². The molecule has 1 amide bonds. The molecular weight excluding hydrogens is 256 g/mol. The van der Waals surface area contributed by atoms with E-state index in [0.717, 1.165) is 0 Å². The van der Waals surface area contributed by atoms with E-state index in [9.17, 15) is 9.90 Å². The molecular formula is C14H20N4O2. The van der Waals surface area contributed by atoms with Crippen LogP contribution in [-0.2, 0) is 0 Å². The monoisotopic (exact) mass is 276 g/mol. The van der Waals surface area contributed by atoms with Crippen LogP contribution >= 0.6 is 0 Å². The summed E-state index contributed by atoms with van der Waals surface area (Å²) in [7, 11) is 0. The number of carbonyl (C=O) groups excluding carboxylic acids is 1. The molecule has 6 heteroatoms. The van der Waals surface area contributed by atoms with Crippen molar-refractivity contribution in [1.29, 1.82) is 0 Å². The first-order valence-corrected chi connectivity index (χ1v) is 6.63. The van der Waals surface area contributed by atoms with E-state index >= 15 is 0 Å². The average Bonchev–Trinajstić information content (AvgIpc) is 2.78. The number of aromatic nitrogens is 3. The number of imidazole rings is 1. The molecule has 2 aromatic rings. The zero-order chi connectivity index (χ0) is 14.8. The van der Waals surface area contributed by atoms with Gasteiger partial charge in [-0.2, -0.15) is 0 Å². The Morgan fingerprint density at radius 2 is 2.30 bits per heavy atom. The van der Waals surface area contributed by atoms with Gasteiger partial charge in [-0.3, -0.25) is 9.20 Å². The maximum Gasteiger partial charge on any atom is 0.271 e. The molecule has 108 valence electrons. The van der Waals surface area contributed by atoms with Gasteiger partial charge in [0.25, 0.3) is 5.91 Å². The largest absolute Gasteiger partial charge is 0.393 e. The van der Waals surface area contributed by atoms with Crippen molar-refractivity contribution in [3.63, 3.8) is 0 Å². The molecule has 0 aliphatic rings. The Balaban J connectivity index is 2.01. The first-order valence-electron chi connectivity index (χ1n) is 6.63. The van der Waals surface area contributed by atoms with Gasteiger partial charge < -0.3 is 10.4 Å². The number of hydrogen-bond donors (Lipinski definition) is 2. The van der Waals surface area contributed by atoms with Crippen molar-refractivity contribution in [2.75, 3.05) is 6.54 Å². The molecule has 0 aliphatic heterocycles. The lowest BCUT2D eigenvalue weighted by atomic mass is 9.87. The van der Waals surface area contributed by atoms with Crippen LogP contribution in [0.2, 0.25) is 0 Å². The highest BCUT2D eigenvalue weighted by atomic mass is 16.3. The van der Waals surface area contributed by atoms with Gasteiger partial charge in [0.05, 0.1) is 6.10 Å². The first-order chi connectivity index (χ1) is 9.37. The average molecular weight is 276 g/mol. The van der Waals surface area contributed by atoms with E-state index in [1.807, 2.05) is 13.8 Å². The number of carbonyl (C=O) groups is 1. The SMILES string of the molecule is CC(O)CC(C)(C)CNC(=O)c1cn2cccnc2n1. The molecule has 20 heavy (non-hydrogen) atoms. The quantitative estimate of drug-likeness (QED) is 0.861. The highest BCUT2D eigenvalue weighted by molar-refractivity contribution is 5.92. The summed E-state index contributed by atoms with van der Waals surface area (Å²) in [5, 5.41) is 12.3. The third-order valence-corrected chi connectivity index (χ3v) is 3.04. The molecule has 1 atom stereocenters. The van der Waals surface area contributed by atoms with Gasteiger partial charge in [-0.25, -0.2) is 9.97 Å².